The first-order valence-electron chi connectivity index (χ1n) is 8.51. The molecule has 1 saturated heterocycles. The number of rotatable bonds is 5. The molecule has 1 fully saturated rings. The Morgan fingerprint density at radius 3 is 2.68 bits per heavy atom. The van der Waals surface area contributed by atoms with Crippen molar-refractivity contribution in [3.8, 4) is 0 Å². The third-order valence-corrected chi connectivity index (χ3v) is 4.36. The van der Waals surface area contributed by atoms with E-state index in [0.717, 1.165) is 38.5 Å². The normalized spacial score (nSPS) is 15.2. The van der Waals surface area contributed by atoms with Gasteiger partial charge in [-0.2, -0.15) is 0 Å². The van der Waals surface area contributed by atoms with Crippen LogP contribution in [0.2, 0.25) is 0 Å². The van der Waals surface area contributed by atoms with Crippen molar-refractivity contribution < 1.29 is 4.79 Å². The number of amides is 1. The number of anilines is 2. The van der Waals surface area contributed by atoms with Gasteiger partial charge in [-0.1, -0.05) is 0 Å². The van der Waals surface area contributed by atoms with E-state index < -0.39 is 0 Å². The molecule has 2 aromatic rings. The van der Waals surface area contributed by atoms with Crippen LogP contribution in [0.1, 0.15) is 15.9 Å². The van der Waals surface area contributed by atoms with Crippen LogP contribution in [0, 0.1) is 6.92 Å². The zero-order chi connectivity index (χ0) is 17.6. The van der Waals surface area contributed by atoms with E-state index in [9.17, 15) is 4.79 Å². The van der Waals surface area contributed by atoms with Gasteiger partial charge >= 0.3 is 0 Å². The largest absolute Gasteiger partial charge is 0.384 e. The van der Waals surface area contributed by atoms with Crippen LogP contribution >= 0.6 is 0 Å². The number of nitrogens with two attached hydrogens (primary N) is 1. The summed E-state index contributed by atoms with van der Waals surface area (Å²) in [5.74, 6) is 1.34. The molecule has 1 aliphatic heterocycles. The molecule has 1 aliphatic rings. The van der Waals surface area contributed by atoms with Crippen LogP contribution in [-0.4, -0.2) is 60.0 Å². The van der Waals surface area contributed by atoms with Crippen molar-refractivity contribution in [2.75, 3.05) is 49.9 Å². The van der Waals surface area contributed by atoms with Crippen molar-refractivity contribution in [3.63, 3.8) is 0 Å². The van der Waals surface area contributed by atoms with E-state index in [-0.39, 0.29) is 5.91 Å². The summed E-state index contributed by atoms with van der Waals surface area (Å²) in [6.07, 6.45) is 3.36. The number of hydrogen-bond donors (Lipinski definition) is 2. The summed E-state index contributed by atoms with van der Waals surface area (Å²) in [7, 11) is 0. The van der Waals surface area contributed by atoms with E-state index in [2.05, 4.69) is 38.1 Å². The van der Waals surface area contributed by atoms with E-state index in [0.29, 0.717) is 17.9 Å². The molecular formula is C18H24N6O. The Morgan fingerprint density at radius 2 is 2.00 bits per heavy atom. The number of aromatic nitrogens is 2. The average Bonchev–Trinajstić information content (AvgIpc) is 2.63. The van der Waals surface area contributed by atoms with Crippen molar-refractivity contribution in [2.24, 2.45) is 0 Å². The summed E-state index contributed by atoms with van der Waals surface area (Å²) in [6.45, 7) is 7.37. The second-order valence-electron chi connectivity index (χ2n) is 6.25. The van der Waals surface area contributed by atoms with Gasteiger partial charge in [0.1, 0.15) is 11.6 Å². The fraction of sp³-hybridized carbons (Fsp3) is 0.389. The smallest absolute Gasteiger partial charge is 0.252 e. The van der Waals surface area contributed by atoms with E-state index in [1.54, 1.807) is 12.1 Å². The lowest BCUT2D eigenvalue weighted by atomic mass is 10.2. The number of aryl methyl sites for hydroxylation is 1. The minimum atomic E-state index is -0.116. The quantitative estimate of drug-likeness (QED) is 0.842. The van der Waals surface area contributed by atoms with Gasteiger partial charge in [-0.3, -0.25) is 9.69 Å². The van der Waals surface area contributed by atoms with Crippen molar-refractivity contribution in [2.45, 2.75) is 6.92 Å². The van der Waals surface area contributed by atoms with E-state index in [1.807, 2.05) is 12.3 Å². The highest BCUT2D eigenvalue weighted by atomic mass is 16.1. The number of nitrogens with zero attached hydrogens (tertiary/aromatic N) is 4. The number of nitrogens with one attached hydrogen (secondary N) is 1. The Hall–Kier alpha value is -2.67. The first kappa shape index (κ1) is 17.2. The van der Waals surface area contributed by atoms with Gasteiger partial charge in [0, 0.05) is 51.7 Å². The fourth-order valence-electron chi connectivity index (χ4n) is 2.86. The summed E-state index contributed by atoms with van der Waals surface area (Å²) < 4.78 is 0. The van der Waals surface area contributed by atoms with Crippen LogP contribution in [0.4, 0.5) is 11.6 Å². The summed E-state index contributed by atoms with van der Waals surface area (Å²) in [6, 6.07) is 7.45. The molecule has 0 saturated carbocycles. The van der Waals surface area contributed by atoms with Crippen LogP contribution < -0.4 is 16.0 Å². The van der Waals surface area contributed by atoms with Crippen LogP contribution in [0.5, 0.6) is 0 Å². The van der Waals surface area contributed by atoms with Gasteiger partial charge in [-0.25, -0.2) is 9.97 Å². The lowest BCUT2D eigenvalue weighted by Gasteiger charge is -2.35. The number of carbonyl (C=O) groups excluding carboxylic acids is 1. The maximum absolute atomic E-state index is 12.0. The van der Waals surface area contributed by atoms with Gasteiger partial charge in [-0.15, -0.1) is 0 Å². The molecule has 7 nitrogen and oxygen atoms in total. The summed E-state index contributed by atoms with van der Waals surface area (Å²) >= 11 is 0. The summed E-state index contributed by atoms with van der Waals surface area (Å²) in [4.78, 5) is 25.1. The molecule has 1 amide bonds. The molecule has 132 valence electrons. The highest BCUT2D eigenvalue weighted by Crippen LogP contribution is 2.14. The molecule has 0 radical (unpaired) electrons. The number of hydrogen-bond acceptors (Lipinski definition) is 6. The molecule has 2 aromatic heterocycles. The summed E-state index contributed by atoms with van der Waals surface area (Å²) in [5, 5.41) is 2.93. The zero-order valence-corrected chi connectivity index (χ0v) is 14.5. The van der Waals surface area contributed by atoms with Gasteiger partial charge in [0.15, 0.2) is 0 Å². The Bertz CT molecular complexity index is 710. The molecule has 3 rings (SSSR count). The maximum Gasteiger partial charge on any atom is 0.252 e. The minimum absolute atomic E-state index is 0.116. The van der Waals surface area contributed by atoms with Gasteiger partial charge in [0.25, 0.3) is 5.91 Å². The van der Waals surface area contributed by atoms with Crippen molar-refractivity contribution in [1.82, 2.24) is 20.2 Å². The monoisotopic (exact) mass is 340 g/mol. The van der Waals surface area contributed by atoms with Gasteiger partial charge in [0.2, 0.25) is 0 Å². The average molecular weight is 340 g/mol. The molecule has 3 N–H and O–H groups in total. The predicted molar refractivity (Wildman–Crippen MR) is 98.6 cm³/mol. The van der Waals surface area contributed by atoms with E-state index >= 15 is 0 Å². The molecule has 0 atom stereocenters. The van der Waals surface area contributed by atoms with Gasteiger partial charge in [0.05, 0.1) is 5.56 Å². The van der Waals surface area contributed by atoms with Gasteiger partial charge in [-0.05, 0) is 36.8 Å². The summed E-state index contributed by atoms with van der Waals surface area (Å²) in [5.41, 5.74) is 7.29. The van der Waals surface area contributed by atoms with Crippen molar-refractivity contribution in [1.29, 1.82) is 0 Å². The molecule has 7 heteroatoms. The molecule has 0 bridgehead atoms. The van der Waals surface area contributed by atoms with Crippen LogP contribution in [0.15, 0.2) is 36.7 Å². The van der Waals surface area contributed by atoms with Crippen LogP contribution in [0.25, 0.3) is 0 Å². The van der Waals surface area contributed by atoms with E-state index in [4.69, 9.17) is 5.73 Å². The second-order valence-corrected chi connectivity index (χ2v) is 6.25. The minimum Gasteiger partial charge on any atom is -0.384 e. The highest BCUT2D eigenvalue weighted by molar-refractivity contribution is 5.93. The Morgan fingerprint density at radius 1 is 1.20 bits per heavy atom. The molecule has 0 spiro atoms. The lowest BCUT2D eigenvalue weighted by Crippen LogP contribution is -2.48. The lowest BCUT2D eigenvalue weighted by molar-refractivity contribution is 0.0947. The number of carbonyl (C=O) groups is 1. The highest BCUT2D eigenvalue weighted by Gasteiger charge is 2.18. The molecule has 3 heterocycles. The van der Waals surface area contributed by atoms with Crippen molar-refractivity contribution >= 4 is 17.5 Å². The zero-order valence-electron chi connectivity index (χ0n) is 14.5. The Labute approximate surface area is 147 Å². The predicted octanol–water partition coefficient (Wildman–Crippen LogP) is 0.919. The standard InChI is InChI=1S/C18H24N6O/c1-14-4-5-20-17(12-14)24-10-8-23(9-11-24)7-6-21-18(25)15-2-3-16(19)22-13-15/h2-5,12-13H,6-11H2,1H3,(H2,19,22)(H,21,25). The maximum atomic E-state index is 12.0. The molecule has 0 aliphatic carbocycles. The third kappa shape index (κ3) is 4.67. The Balaban J connectivity index is 1.40. The topological polar surface area (TPSA) is 87.4 Å². The first-order chi connectivity index (χ1) is 12.1. The van der Waals surface area contributed by atoms with Gasteiger partial charge < -0.3 is 16.0 Å². The second kappa shape index (κ2) is 7.94. The van der Waals surface area contributed by atoms with Crippen LogP contribution in [-0.2, 0) is 0 Å². The number of pyridine rings is 2. The first-order valence-corrected chi connectivity index (χ1v) is 8.51. The Kier molecular flexibility index (Phi) is 5.45. The fourth-order valence-corrected chi connectivity index (χ4v) is 2.86. The number of nitrogen functional groups attached to an aromatic ring is 1. The van der Waals surface area contributed by atoms with E-state index in [1.165, 1.54) is 11.8 Å². The molecular weight excluding hydrogens is 316 g/mol. The third-order valence-electron chi connectivity index (χ3n) is 4.36. The molecule has 0 unspecified atom stereocenters. The molecule has 25 heavy (non-hydrogen) atoms. The SMILES string of the molecule is Cc1ccnc(N2CCN(CCNC(=O)c3ccc(N)nc3)CC2)c1. The molecule has 0 aromatic carbocycles. The number of piperazine rings is 1. The van der Waals surface area contributed by atoms with Crippen molar-refractivity contribution in [3.05, 3.63) is 47.8 Å². The van der Waals surface area contributed by atoms with Crippen LogP contribution in [0.3, 0.4) is 0 Å².